The SMILES string of the molecule is Cc1ccc(S(=O)(=O)N[C@@H](Cc2ccccc2)C(=O)Oc2ccc3c4c(c(=O)oc3c2C)CCC4)cc1. The Morgan fingerprint density at radius 1 is 0.973 bits per heavy atom. The molecule has 0 saturated carbocycles. The van der Waals surface area contributed by atoms with Crippen molar-refractivity contribution in [1.29, 1.82) is 0 Å². The van der Waals surface area contributed by atoms with Gasteiger partial charge in [-0.05, 0) is 74.9 Å². The number of benzene rings is 3. The molecule has 1 heterocycles. The highest BCUT2D eigenvalue weighted by atomic mass is 32.2. The molecule has 1 aromatic heterocycles. The monoisotopic (exact) mass is 517 g/mol. The van der Waals surface area contributed by atoms with Gasteiger partial charge in [0.05, 0.1) is 4.90 Å². The maximum atomic E-state index is 13.4. The summed E-state index contributed by atoms with van der Waals surface area (Å²) in [5, 5.41) is 0.838. The molecule has 4 aromatic rings. The fraction of sp³-hybridized carbons (Fsp3) is 0.241. The van der Waals surface area contributed by atoms with Crippen molar-refractivity contribution in [1.82, 2.24) is 4.72 Å². The zero-order valence-electron chi connectivity index (χ0n) is 20.6. The van der Waals surface area contributed by atoms with Gasteiger partial charge in [0.15, 0.2) is 0 Å². The first-order valence-electron chi connectivity index (χ1n) is 12.2. The molecule has 0 radical (unpaired) electrons. The van der Waals surface area contributed by atoms with Crippen LogP contribution < -0.4 is 15.1 Å². The fourth-order valence-electron chi connectivity index (χ4n) is 4.75. The topological polar surface area (TPSA) is 103 Å². The Balaban J connectivity index is 1.47. The van der Waals surface area contributed by atoms with E-state index in [-0.39, 0.29) is 22.7 Å². The van der Waals surface area contributed by atoms with Crippen LogP contribution in [-0.4, -0.2) is 20.4 Å². The minimum Gasteiger partial charge on any atom is -0.425 e. The molecule has 190 valence electrons. The van der Waals surface area contributed by atoms with Crippen molar-refractivity contribution in [3.63, 3.8) is 0 Å². The third-order valence-corrected chi connectivity index (χ3v) is 8.23. The summed E-state index contributed by atoms with van der Waals surface area (Å²) in [5.41, 5.74) is 3.92. The largest absolute Gasteiger partial charge is 0.425 e. The van der Waals surface area contributed by atoms with Gasteiger partial charge in [0, 0.05) is 16.5 Å². The van der Waals surface area contributed by atoms with Gasteiger partial charge in [0.1, 0.15) is 17.4 Å². The zero-order chi connectivity index (χ0) is 26.2. The smallest absolute Gasteiger partial charge is 0.339 e. The Hall–Kier alpha value is -3.75. The van der Waals surface area contributed by atoms with E-state index in [4.69, 9.17) is 9.15 Å². The van der Waals surface area contributed by atoms with Crippen LogP contribution in [0.5, 0.6) is 5.75 Å². The maximum absolute atomic E-state index is 13.4. The molecule has 0 amide bonds. The van der Waals surface area contributed by atoms with Crippen molar-refractivity contribution in [3.8, 4) is 5.75 Å². The molecule has 0 fully saturated rings. The van der Waals surface area contributed by atoms with E-state index >= 15 is 0 Å². The first-order valence-corrected chi connectivity index (χ1v) is 13.6. The summed E-state index contributed by atoms with van der Waals surface area (Å²) in [4.78, 5) is 25.9. The average Bonchev–Trinajstić information content (AvgIpc) is 3.38. The molecular weight excluding hydrogens is 490 g/mol. The van der Waals surface area contributed by atoms with Crippen molar-refractivity contribution in [2.24, 2.45) is 0 Å². The number of hydrogen-bond donors (Lipinski definition) is 1. The molecule has 0 saturated heterocycles. The van der Waals surface area contributed by atoms with Gasteiger partial charge in [-0.2, -0.15) is 4.72 Å². The van der Waals surface area contributed by atoms with E-state index in [2.05, 4.69) is 4.72 Å². The minimum atomic E-state index is -4.00. The van der Waals surface area contributed by atoms with Gasteiger partial charge >= 0.3 is 11.6 Å². The normalized spacial score (nSPS) is 13.9. The Morgan fingerprint density at radius 3 is 2.41 bits per heavy atom. The summed E-state index contributed by atoms with van der Waals surface area (Å²) in [5.74, 6) is -0.545. The molecular formula is C29H27NO6S. The lowest BCUT2D eigenvalue weighted by Crippen LogP contribution is -2.44. The van der Waals surface area contributed by atoms with E-state index in [9.17, 15) is 18.0 Å². The Kier molecular flexibility index (Phi) is 6.70. The second kappa shape index (κ2) is 9.95. The summed E-state index contributed by atoms with van der Waals surface area (Å²) in [6, 6.07) is 17.8. The number of ether oxygens (including phenoxy) is 1. The summed E-state index contributed by atoms with van der Waals surface area (Å²) < 4.78 is 40.1. The second-order valence-electron chi connectivity index (χ2n) is 9.36. The molecule has 0 unspecified atom stereocenters. The molecule has 7 nitrogen and oxygen atoms in total. The van der Waals surface area contributed by atoms with E-state index in [1.54, 1.807) is 31.2 Å². The first kappa shape index (κ1) is 24.9. The lowest BCUT2D eigenvalue weighted by atomic mass is 10.0. The molecule has 1 atom stereocenters. The van der Waals surface area contributed by atoms with Crippen molar-refractivity contribution >= 4 is 27.0 Å². The van der Waals surface area contributed by atoms with Crippen LogP contribution in [0.3, 0.4) is 0 Å². The lowest BCUT2D eigenvalue weighted by molar-refractivity contribution is -0.136. The van der Waals surface area contributed by atoms with Crippen LogP contribution in [0.2, 0.25) is 0 Å². The van der Waals surface area contributed by atoms with Crippen LogP contribution in [0, 0.1) is 13.8 Å². The van der Waals surface area contributed by atoms with Crippen LogP contribution in [0.4, 0.5) is 0 Å². The molecule has 1 N–H and O–H groups in total. The molecule has 3 aromatic carbocycles. The molecule has 5 rings (SSSR count). The number of carbonyl (C=O) groups excluding carboxylic acids is 1. The summed E-state index contributed by atoms with van der Waals surface area (Å²) in [6.07, 6.45) is 2.50. The molecule has 1 aliphatic rings. The van der Waals surface area contributed by atoms with Gasteiger partial charge in [-0.1, -0.05) is 48.0 Å². The fourth-order valence-corrected chi connectivity index (χ4v) is 5.93. The van der Waals surface area contributed by atoms with Crippen molar-refractivity contribution in [2.75, 3.05) is 0 Å². The Labute approximate surface area is 215 Å². The second-order valence-corrected chi connectivity index (χ2v) is 11.1. The minimum absolute atomic E-state index is 0.0569. The van der Waals surface area contributed by atoms with E-state index in [0.717, 1.165) is 34.9 Å². The van der Waals surface area contributed by atoms with Gasteiger partial charge in [-0.25, -0.2) is 18.0 Å². The summed E-state index contributed by atoms with van der Waals surface area (Å²) >= 11 is 0. The number of carbonyl (C=O) groups is 1. The first-order chi connectivity index (χ1) is 17.7. The average molecular weight is 518 g/mol. The molecule has 8 heteroatoms. The molecule has 0 bridgehead atoms. The van der Waals surface area contributed by atoms with Crippen molar-refractivity contribution < 1.29 is 22.4 Å². The lowest BCUT2D eigenvalue weighted by Gasteiger charge is -2.19. The predicted octanol–water partition coefficient (Wildman–Crippen LogP) is 4.39. The number of rotatable bonds is 7. The van der Waals surface area contributed by atoms with Crippen LogP contribution in [0.25, 0.3) is 11.0 Å². The van der Waals surface area contributed by atoms with Gasteiger partial charge < -0.3 is 9.15 Å². The molecule has 37 heavy (non-hydrogen) atoms. The zero-order valence-corrected chi connectivity index (χ0v) is 21.4. The third-order valence-electron chi connectivity index (χ3n) is 6.75. The highest BCUT2D eigenvalue weighted by molar-refractivity contribution is 7.89. The van der Waals surface area contributed by atoms with Gasteiger partial charge in [0.2, 0.25) is 10.0 Å². The van der Waals surface area contributed by atoms with E-state index in [0.29, 0.717) is 23.1 Å². The highest BCUT2D eigenvalue weighted by Gasteiger charge is 2.29. The maximum Gasteiger partial charge on any atom is 0.339 e. The number of nitrogens with one attached hydrogen (secondary N) is 1. The number of aryl methyl sites for hydroxylation is 3. The standard InChI is InChI=1S/C29H27NO6S/c1-18-11-13-21(14-12-18)37(33,34)30-25(17-20-7-4-3-5-8-20)29(32)35-26-16-15-23-22-9-6-10-24(22)28(31)36-27(23)19(26)2/h3-5,7-8,11-16,25,30H,6,9-10,17H2,1-2H3/t25-/m0/s1. The number of fused-ring (bicyclic) bond motifs is 3. The van der Waals surface area contributed by atoms with E-state index in [1.165, 1.54) is 12.1 Å². The molecule has 0 aliphatic heterocycles. The molecule has 1 aliphatic carbocycles. The van der Waals surface area contributed by atoms with Gasteiger partial charge in [0.25, 0.3) is 0 Å². The summed E-state index contributed by atoms with van der Waals surface area (Å²) in [6.45, 7) is 3.58. The van der Waals surface area contributed by atoms with E-state index < -0.39 is 22.0 Å². The van der Waals surface area contributed by atoms with E-state index in [1.807, 2.05) is 37.3 Å². The number of esters is 1. The Morgan fingerprint density at radius 2 is 1.68 bits per heavy atom. The Bertz CT molecular complexity index is 1640. The number of hydrogen-bond acceptors (Lipinski definition) is 6. The quantitative estimate of drug-likeness (QED) is 0.222. The third kappa shape index (κ3) is 5.08. The van der Waals surface area contributed by atoms with Crippen LogP contribution in [-0.2, 0) is 34.1 Å². The van der Waals surface area contributed by atoms with Crippen LogP contribution in [0.1, 0.15) is 34.2 Å². The molecule has 0 spiro atoms. The number of sulfonamides is 1. The predicted molar refractivity (Wildman–Crippen MR) is 140 cm³/mol. The van der Waals surface area contributed by atoms with Crippen LogP contribution >= 0.6 is 0 Å². The van der Waals surface area contributed by atoms with Crippen molar-refractivity contribution in [3.05, 3.63) is 105 Å². The van der Waals surface area contributed by atoms with Gasteiger partial charge in [-0.15, -0.1) is 0 Å². The van der Waals surface area contributed by atoms with Gasteiger partial charge in [-0.3, -0.25) is 0 Å². The summed E-state index contributed by atoms with van der Waals surface area (Å²) in [7, 11) is -4.00. The van der Waals surface area contributed by atoms with Crippen LogP contribution in [0.15, 0.2) is 80.8 Å². The van der Waals surface area contributed by atoms with Crippen molar-refractivity contribution in [2.45, 2.75) is 50.5 Å². The highest BCUT2D eigenvalue weighted by Crippen LogP contribution is 2.33.